The van der Waals surface area contributed by atoms with Crippen LogP contribution in [0.2, 0.25) is 0 Å². The Balaban J connectivity index is 2.25. The zero-order valence-corrected chi connectivity index (χ0v) is 10.1. The Hall–Kier alpha value is -1.13. The van der Waals surface area contributed by atoms with Crippen molar-refractivity contribution in [3.8, 4) is 0 Å². The zero-order chi connectivity index (χ0) is 10.7. The number of hydrogen-bond acceptors (Lipinski definition) is 0. The van der Waals surface area contributed by atoms with Crippen molar-refractivity contribution >= 4 is 19.2 Å². The molecule has 0 fully saturated rings. The van der Waals surface area contributed by atoms with Crippen molar-refractivity contribution in [2.24, 2.45) is 0 Å². The highest BCUT2D eigenvalue weighted by Gasteiger charge is 1.97. The van der Waals surface area contributed by atoms with Gasteiger partial charge >= 0.3 is 0 Å². The molecule has 0 aliphatic heterocycles. The average molecular weight is 214 g/mol. The van der Waals surface area contributed by atoms with Gasteiger partial charge in [-0.05, 0) is 24.5 Å². The van der Waals surface area contributed by atoms with Gasteiger partial charge in [0.1, 0.15) is 0 Å². The molecule has 1 unspecified atom stereocenters. The molecule has 0 heterocycles. The maximum absolute atomic E-state index is 2.28. The van der Waals surface area contributed by atoms with Gasteiger partial charge in [0.05, 0.1) is 0 Å². The van der Waals surface area contributed by atoms with E-state index in [-0.39, 0.29) is 0 Å². The van der Waals surface area contributed by atoms with Gasteiger partial charge in [-0.2, -0.15) is 0 Å². The van der Waals surface area contributed by atoms with Crippen molar-refractivity contribution in [3.05, 3.63) is 59.7 Å². The Kier molecular flexibility index (Phi) is 3.18. The summed E-state index contributed by atoms with van der Waals surface area (Å²) in [6, 6.07) is 17.4. The molecule has 0 spiro atoms. The van der Waals surface area contributed by atoms with Crippen molar-refractivity contribution in [1.29, 1.82) is 0 Å². The third-order valence-electron chi connectivity index (χ3n) is 2.28. The molecule has 0 aliphatic rings. The molecule has 2 rings (SSSR count). The maximum atomic E-state index is 2.28. The van der Waals surface area contributed by atoms with Crippen LogP contribution in [0.3, 0.4) is 0 Å². The lowest BCUT2D eigenvalue weighted by atomic mass is 10.2. The molecule has 0 radical (unpaired) electrons. The van der Waals surface area contributed by atoms with E-state index in [1.807, 2.05) is 0 Å². The molecular formula is C14H15P. The standard InChI is InChI=1S/C14H15P/c1-11-8-12(2)10-14(9-11)15-13-6-4-3-5-7-13/h3-10,15H,1-2H3. The lowest BCUT2D eigenvalue weighted by Crippen LogP contribution is -2.03. The minimum Gasteiger partial charge on any atom is -0.0622 e. The summed E-state index contributed by atoms with van der Waals surface area (Å²) in [7, 11) is 0.770. The third kappa shape index (κ3) is 2.91. The Labute approximate surface area is 93.1 Å². The molecule has 2 aromatic rings. The second kappa shape index (κ2) is 4.59. The second-order valence-corrected chi connectivity index (χ2v) is 5.27. The summed E-state index contributed by atoms with van der Waals surface area (Å²) in [4.78, 5) is 0. The van der Waals surface area contributed by atoms with Crippen LogP contribution in [-0.4, -0.2) is 0 Å². The molecule has 0 saturated carbocycles. The molecule has 76 valence electrons. The monoisotopic (exact) mass is 214 g/mol. The lowest BCUT2D eigenvalue weighted by molar-refractivity contribution is 1.41. The predicted octanol–water partition coefficient (Wildman–Crippen LogP) is 2.93. The van der Waals surface area contributed by atoms with Crippen LogP contribution in [0.4, 0.5) is 0 Å². The van der Waals surface area contributed by atoms with Gasteiger partial charge in [0.15, 0.2) is 0 Å². The molecule has 0 saturated heterocycles. The lowest BCUT2D eigenvalue weighted by Gasteiger charge is -2.05. The first-order valence-electron chi connectivity index (χ1n) is 5.14. The SMILES string of the molecule is Cc1cc(C)cc(Pc2ccccc2)c1. The van der Waals surface area contributed by atoms with Gasteiger partial charge in [-0.3, -0.25) is 0 Å². The Morgan fingerprint density at radius 1 is 0.733 bits per heavy atom. The van der Waals surface area contributed by atoms with Gasteiger partial charge < -0.3 is 0 Å². The third-order valence-corrected chi connectivity index (χ3v) is 3.48. The van der Waals surface area contributed by atoms with Gasteiger partial charge in [0.2, 0.25) is 0 Å². The zero-order valence-electron chi connectivity index (χ0n) is 9.12. The summed E-state index contributed by atoms with van der Waals surface area (Å²) >= 11 is 0. The minimum atomic E-state index is 0.770. The highest BCUT2D eigenvalue weighted by molar-refractivity contribution is 7.55. The van der Waals surface area contributed by atoms with Crippen LogP contribution in [0.5, 0.6) is 0 Å². The highest BCUT2D eigenvalue weighted by Crippen LogP contribution is 2.12. The van der Waals surface area contributed by atoms with E-state index in [1.54, 1.807) is 0 Å². The smallest absolute Gasteiger partial charge is 0.0221 e. The van der Waals surface area contributed by atoms with E-state index in [4.69, 9.17) is 0 Å². The van der Waals surface area contributed by atoms with E-state index in [2.05, 4.69) is 62.4 Å². The Morgan fingerprint density at radius 3 is 1.93 bits per heavy atom. The van der Waals surface area contributed by atoms with Gasteiger partial charge in [-0.1, -0.05) is 68.2 Å². The van der Waals surface area contributed by atoms with Gasteiger partial charge in [0, 0.05) is 0 Å². The van der Waals surface area contributed by atoms with Crippen LogP contribution >= 0.6 is 8.58 Å². The van der Waals surface area contributed by atoms with E-state index in [1.165, 1.54) is 21.7 Å². The van der Waals surface area contributed by atoms with Crippen LogP contribution in [0, 0.1) is 13.8 Å². The fourth-order valence-corrected chi connectivity index (χ4v) is 3.03. The molecule has 0 aliphatic carbocycles. The van der Waals surface area contributed by atoms with Gasteiger partial charge in [-0.15, -0.1) is 0 Å². The summed E-state index contributed by atoms with van der Waals surface area (Å²) in [6.07, 6.45) is 0. The predicted molar refractivity (Wildman–Crippen MR) is 69.9 cm³/mol. The van der Waals surface area contributed by atoms with Crippen molar-refractivity contribution < 1.29 is 0 Å². The largest absolute Gasteiger partial charge is 0.0622 e. The van der Waals surface area contributed by atoms with Gasteiger partial charge in [-0.25, -0.2) is 0 Å². The first kappa shape index (κ1) is 10.4. The normalized spacial score (nSPS) is 11.1. The van der Waals surface area contributed by atoms with Crippen LogP contribution < -0.4 is 10.6 Å². The van der Waals surface area contributed by atoms with Crippen molar-refractivity contribution in [3.63, 3.8) is 0 Å². The average Bonchev–Trinajstić information content (AvgIpc) is 2.17. The fourth-order valence-electron chi connectivity index (χ4n) is 1.74. The first-order chi connectivity index (χ1) is 7.24. The van der Waals surface area contributed by atoms with Crippen LogP contribution in [-0.2, 0) is 0 Å². The molecule has 1 atom stereocenters. The number of aryl methyl sites for hydroxylation is 2. The van der Waals surface area contributed by atoms with E-state index in [9.17, 15) is 0 Å². The fraction of sp³-hybridized carbons (Fsp3) is 0.143. The molecule has 0 nitrogen and oxygen atoms in total. The Bertz CT molecular complexity index is 426. The molecule has 1 heteroatoms. The summed E-state index contributed by atoms with van der Waals surface area (Å²) in [5.41, 5.74) is 2.71. The minimum absolute atomic E-state index is 0.770. The van der Waals surface area contributed by atoms with E-state index in [0.29, 0.717) is 0 Å². The topological polar surface area (TPSA) is 0 Å². The molecular weight excluding hydrogens is 199 g/mol. The molecule has 0 aromatic heterocycles. The Morgan fingerprint density at radius 2 is 1.33 bits per heavy atom. The second-order valence-electron chi connectivity index (χ2n) is 3.87. The molecule has 0 N–H and O–H groups in total. The van der Waals surface area contributed by atoms with E-state index >= 15 is 0 Å². The molecule has 2 aromatic carbocycles. The van der Waals surface area contributed by atoms with E-state index < -0.39 is 0 Å². The maximum Gasteiger partial charge on any atom is -0.0221 e. The number of hydrogen-bond donors (Lipinski definition) is 0. The van der Waals surface area contributed by atoms with Crippen molar-refractivity contribution in [2.45, 2.75) is 13.8 Å². The highest BCUT2D eigenvalue weighted by atomic mass is 31.1. The number of benzene rings is 2. The summed E-state index contributed by atoms with van der Waals surface area (Å²) in [5, 5.41) is 2.83. The summed E-state index contributed by atoms with van der Waals surface area (Å²) in [5.74, 6) is 0. The molecule has 0 amide bonds. The van der Waals surface area contributed by atoms with Crippen molar-refractivity contribution in [1.82, 2.24) is 0 Å². The summed E-state index contributed by atoms with van der Waals surface area (Å²) in [6.45, 7) is 4.32. The van der Waals surface area contributed by atoms with Crippen molar-refractivity contribution in [2.75, 3.05) is 0 Å². The quantitative estimate of drug-likeness (QED) is 0.674. The van der Waals surface area contributed by atoms with Crippen LogP contribution in [0.1, 0.15) is 11.1 Å². The molecule has 15 heavy (non-hydrogen) atoms. The van der Waals surface area contributed by atoms with Crippen LogP contribution in [0.25, 0.3) is 0 Å². The van der Waals surface area contributed by atoms with Gasteiger partial charge in [0.25, 0.3) is 0 Å². The van der Waals surface area contributed by atoms with Crippen LogP contribution in [0.15, 0.2) is 48.5 Å². The number of rotatable bonds is 2. The van der Waals surface area contributed by atoms with E-state index in [0.717, 1.165) is 8.58 Å². The summed E-state index contributed by atoms with van der Waals surface area (Å²) < 4.78 is 0. The first-order valence-corrected chi connectivity index (χ1v) is 6.14. The molecule has 0 bridgehead atoms.